The van der Waals surface area contributed by atoms with E-state index in [1.165, 1.54) is 11.1 Å². The smallest absolute Gasteiger partial charge is 0.135 e. The first-order chi connectivity index (χ1) is 11.1. The maximum Gasteiger partial charge on any atom is 0.135 e. The highest BCUT2D eigenvalue weighted by molar-refractivity contribution is 9.11. The predicted octanol–water partition coefficient (Wildman–Crippen LogP) is 6.49. The van der Waals surface area contributed by atoms with E-state index in [1.54, 1.807) is 0 Å². The molecular weight excluding hydrogens is 453 g/mol. The zero-order valence-electron chi connectivity index (χ0n) is 13.2. The van der Waals surface area contributed by atoms with Crippen molar-refractivity contribution in [2.45, 2.75) is 20.0 Å². The third-order valence-corrected chi connectivity index (χ3v) is 4.76. The number of furan rings is 1. The van der Waals surface area contributed by atoms with E-state index in [1.807, 2.05) is 30.3 Å². The molecule has 0 unspecified atom stereocenters. The van der Waals surface area contributed by atoms with Crippen molar-refractivity contribution in [3.63, 3.8) is 0 Å². The second-order valence-corrected chi connectivity index (χ2v) is 7.25. The summed E-state index contributed by atoms with van der Waals surface area (Å²) < 4.78 is 8.00. The molecule has 0 radical (unpaired) electrons. The first-order valence-electron chi connectivity index (χ1n) is 7.42. The molecule has 5 heteroatoms. The van der Waals surface area contributed by atoms with Crippen molar-refractivity contribution < 1.29 is 4.42 Å². The molecule has 0 atom stereocenters. The summed E-state index contributed by atoms with van der Waals surface area (Å²) in [6.07, 6.45) is 0. The predicted molar refractivity (Wildman–Crippen MR) is 109 cm³/mol. The molecule has 0 saturated heterocycles. The molecule has 0 aliphatic rings. The monoisotopic (exact) mass is 469 g/mol. The van der Waals surface area contributed by atoms with Gasteiger partial charge in [0.1, 0.15) is 11.5 Å². The van der Waals surface area contributed by atoms with E-state index >= 15 is 0 Å². The Morgan fingerprint density at radius 1 is 0.917 bits per heavy atom. The lowest BCUT2D eigenvalue weighted by atomic mass is 10.1. The highest BCUT2D eigenvalue weighted by Gasteiger charge is 2.08. The Morgan fingerprint density at radius 3 is 2.38 bits per heavy atom. The Kier molecular flexibility index (Phi) is 7.11. The lowest BCUT2D eigenvalue weighted by Crippen LogP contribution is -2.11. The van der Waals surface area contributed by atoms with E-state index in [0.717, 1.165) is 32.6 Å². The number of hydrogen-bond acceptors (Lipinski definition) is 2. The van der Waals surface area contributed by atoms with Crippen molar-refractivity contribution in [1.29, 1.82) is 0 Å². The second kappa shape index (κ2) is 8.86. The van der Waals surface area contributed by atoms with Gasteiger partial charge in [-0.1, -0.05) is 45.8 Å². The topological polar surface area (TPSA) is 25.2 Å². The molecule has 0 spiro atoms. The molecule has 2 aromatic carbocycles. The van der Waals surface area contributed by atoms with Crippen LogP contribution >= 0.6 is 44.3 Å². The van der Waals surface area contributed by atoms with Crippen LogP contribution in [0, 0.1) is 6.92 Å². The Hall–Kier alpha value is -1.07. The number of aryl methyl sites for hydroxylation is 1. The molecule has 1 heterocycles. The van der Waals surface area contributed by atoms with Crippen LogP contribution in [0.1, 0.15) is 16.9 Å². The average molecular weight is 472 g/mol. The number of halogens is 3. The minimum Gasteiger partial charge on any atom is -0.460 e. The second-order valence-electron chi connectivity index (χ2n) is 5.48. The van der Waals surface area contributed by atoms with Crippen LogP contribution in [-0.4, -0.2) is 0 Å². The van der Waals surface area contributed by atoms with E-state index in [2.05, 4.69) is 68.4 Å². The Bertz CT molecular complexity index is 799. The lowest BCUT2D eigenvalue weighted by molar-refractivity contribution is 0.493. The first kappa shape index (κ1) is 19.3. The van der Waals surface area contributed by atoms with Gasteiger partial charge >= 0.3 is 0 Å². The Morgan fingerprint density at radius 2 is 1.67 bits per heavy atom. The number of nitrogens with one attached hydrogen (secondary N) is 1. The van der Waals surface area contributed by atoms with Crippen LogP contribution in [0.3, 0.4) is 0 Å². The standard InChI is InChI=1S/C19H17Br2NO.ClH/c1-13-2-4-14(5-3-13)11-22-12-16-7-9-19(23-16)17-8-6-15(20)10-18(17)21;/h2-10,22H,11-12H2,1H3;1H. The molecule has 126 valence electrons. The molecule has 1 aromatic heterocycles. The van der Waals surface area contributed by atoms with Gasteiger partial charge in [-0.05, 0) is 58.7 Å². The minimum atomic E-state index is 0. The highest BCUT2D eigenvalue weighted by Crippen LogP contribution is 2.31. The highest BCUT2D eigenvalue weighted by atomic mass is 79.9. The molecule has 0 fully saturated rings. The summed E-state index contributed by atoms with van der Waals surface area (Å²) in [5.74, 6) is 1.80. The molecule has 0 aliphatic heterocycles. The van der Waals surface area contributed by atoms with Crippen LogP contribution in [0.5, 0.6) is 0 Å². The van der Waals surface area contributed by atoms with Crippen molar-refractivity contribution in [3.05, 3.63) is 80.4 Å². The zero-order valence-corrected chi connectivity index (χ0v) is 17.2. The fourth-order valence-corrected chi connectivity index (χ4v) is 3.59. The molecule has 0 amide bonds. The SMILES string of the molecule is Cc1ccc(CNCc2ccc(-c3ccc(Br)cc3Br)o2)cc1.Cl. The van der Waals surface area contributed by atoms with Gasteiger partial charge in [-0.25, -0.2) is 0 Å². The van der Waals surface area contributed by atoms with Crippen LogP contribution in [-0.2, 0) is 13.1 Å². The lowest BCUT2D eigenvalue weighted by Gasteiger charge is -2.04. The van der Waals surface area contributed by atoms with Crippen molar-refractivity contribution in [2.75, 3.05) is 0 Å². The van der Waals surface area contributed by atoms with E-state index in [9.17, 15) is 0 Å². The van der Waals surface area contributed by atoms with Gasteiger partial charge in [-0.15, -0.1) is 12.4 Å². The largest absolute Gasteiger partial charge is 0.460 e. The summed E-state index contributed by atoms with van der Waals surface area (Å²) in [6, 6.07) is 18.7. The summed E-state index contributed by atoms with van der Waals surface area (Å²) >= 11 is 7.04. The van der Waals surface area contributed by atoms with E-state index in [-0.39, 0.29) is 12.4 Å². The number of rotatable bonds is 5. The van der Waals surface area contributed by atoms with Crippen LogP contribution in [0.15, 0.2) is 68.0 Å². The molecule has 3 rings (SSSR count). The minimum absolute atomic E-state index is 0. The van der Waals surface area contributed by atoms with Crippen LogP contribution in [0.2, 0.25) is 0 Å². The fourth-order valence-electron chi connectivity index (χ4n) is 2.34. The molecular formula is C19H18Br2ClNO. The summed E-state index contributed by atoms with van der Waals surface area (Å²) in [7, 11) is 0. The number of benzene rings is 2. The molecule has 0 aliphatic carbocycles. The summed E-state index contributed by atoms with van der Waals surface area (Å²) in [6.45, 7) is 3.64. The molecule has 3 aromatic rings. The van der Waals surface area contributed by atoms with Crippen LogP contribution in [0.25, 0.3) is 11.3 Å². The van der Waals surface area contributed by atoms with Crippen molar-refractivity contribution in [1.82, 2.24) is 5.32 Å². The Labute approximate surface area is 165 Å². The van der Waals surface area contributed by atoms with E-state index in [0.29, 0.717) is 6.54 Å². The van der Waals surface area contributed by atoms with Crippen LogP contribution < -0.4 is 5.32 Å². The average Bonchev–Trinajstić information content (AvgIpc) is 2.98. The van der Waals surface area contributed by atoms with Gasteiger partial charge in [0.05, 0.1) is 6.54 Å². The van der Waals surface area contributed by atoms with Gasteiger partial charge < -0.3 is 9.73 Å². The third-order valence-electron chi connectivity index (χ3n) is 3.61. The van der Waals surface area contributed by atoms with Gasteiger partial charge in [-0.2, -0.15) is 0 Å². The van der Waals surface area contributed by atoms with E-state index in [4.69, 9.17) is 4.42 Å². The maximum absolute atomic E-state index is 5.94. The van der Waals surface area contributed by atoms with Gasteiger partial charge in [-0.3, -0.25) is 0 Å². The third kappa shape index (κ3) is 4.96. The summed E-state index contributed by atoms with van der Waals surface area (Å²) in [4.78, 5) is 0. The molecule has 0 bridgehead atoms. The van der Waals surface area contributed by atoms with E-state index < -0.39 is 0 Å². The van der Waals surface area contributed by atoms with Gasteiger partial charge in [0.25, 0.3) is 0 Å². The summed E-state index contributed by atoms with van der Waals surface area (Å²) in [5.41, 5.74) is 3.61. The fraction of sp³-hybridized carbons (Fsp3) is 0.158. The first-order valence-corrected chi connectivity index (χ1v) is 9.01. The van der Waals surface area contributed by atoms with Crippen molar-refractivity contribution in [3.8, 4) is 11.3 Å². The van der Waals surface area contributed by atoms with Crippen molar-refractivity contribution >= 4 is 44.3 Å². The molecule has 24 heavy (non-hydrogen) atoms. The van der Waals surface area contributed by atoms with Gasteiger partial charge in [0, 0.05) is 21.1 Å². The molecule has 2 nitrogen and oxygen atoms in total. The number of hydrogen-bond donors (Lipinski definition) is 1. The van der Waals surface area contributed by atoms with Crippen LogP contribution in [0.4, 0.5) is 0 Å². The maximum atomic E-state index is 5.94. The quantitative estimate of drug-likeness (QED) is 0.460. The van der Waals surface area contributed by atoms with Gasteiger partial charge in [0.15, 0.2) is 0 Å². The van der Waals surface area contributed by atoms with Gasteiger partial charge in [0.2, 0.25) is 0 Å². The normalized spacial score (nSPS) is 10.5. The Balaban J connectivity index is 0.00000208. The molecule has 1 N–H and O–H groups in total. The van der Waals surface area contributed by atoms with Crippen molar-refractivity contribution in [2.24, 2.45) is 0 Å². The zero-order chi connectivity index (χ0) is 16.2. The molecule has 0 saturated carbocycles. The summed E-state index contributed by atoms with van der Waals surface area (Å²) in [5, 5.41) is 3.41.